The van der Waals surface area contributed by atoms with Gasteiger partial charge in [0.25, 0.3) is 0 Å². The van der Waals surface area contributed by atoms with Crippen LogP contribution >= 0.6 is 45.2 Å². The van der Waals surface area contributed by atoms with E-state index in [2.05, 4.69) is 51.3 Å². The first-order valence-electron chi connectivity index (χ1n) is 5.81. The van der Waals surface area contributed by atoms with Crippen molar-refractivity contribution in [3.8, 4) is 23.3 Å². The van der Waals surface area contributed by atoms with Gasteiger partial charge in [-0.3, -0.25) is 0 Å². The summed E-state index contributed by atoms with van der Waals surface area (Å²) >= 11 is 4.46. The second kappa shape index (κ2) is 7.13. The van der Waals surface area contributed by atoms with E-state index in [4.69, 9.17) is 14.7 Å². The number of hydrogen-bond acceptors (Lipinski definition) is 3. The van der Waals surface area contributed by atoms with Gasteiger partial charge in [-0.1, -0.05) is 0 Å². The third kappa shape index (κ3) is 3.76. The Bertz CT molecular complexity index is 625. The fourth-order valence-corrected chi connectivity index (χ4v) is 3.78. The maximum absolute atomic E-state index is 8.76. The molecule has 0 bridgehead atoms. The van der Waals surface area contributed by atoms with E-state index in [1.807, 2.05) is 36.4 Å². The standard InChI is InChI=1S/C15H11I2NO2/c1-19-11-2-4-12(5-3-11)20-15-13(16)8-10(6-7-18)9-14(15)17/h2-5,8-9H,6H2,1H3. The Hall–Kier alpha value is -1.01. The van der Waals surface area contributed by atoms with E-state index in [0.29, 0.717) is 6.42 Å². The molecule has 0 spiro atoms. The summed E-state index contributed by atoms with van der Waals surface area (Å²) in [5, 5.41) is 8.76. The lowest BCUT2D eigenvalue weighted by Gasteiger charge is -2.11. The van der Waals surface area contributed by atoms with Crippen LogP contribution in [0.15, 0.2) is 36.4 Å². The molecule has 0 aromatic heterocycles. The molecule has 3 nitrogen and oxygen atoms in total. The molecule has 0 fully saturated rings. The van der Waals surface area contributed by atoms with Crippen molar-refractivity contribution in [3.05, 3.63) is 49.1 Å². The Morgan fingerprint density at radius 3 is 2.10 bits per heavy atom. The third-order valence-electron chi connectivity index (χ3n) is 2.62. The summed E-state index contributed by atoms with van der Waals surface area (Å²) in [5.74, 6) is 2.37. The lowest BCUT2D eigenvalue weighted by atomic mass is 10.2. The fourth-order valence-electron chi connectivity index (χ4n) is 1.66. The monoisotopic (exact) mass is 491 g/mol. The van der Waals surface area contributed by atoms with Crippen LogP contribution in [0, 0.1) is 18.5 Å². The minimum atomic E-state index is 0.412. The topological polar surface area (TPSA) is 42.2 Å². The maximum Gasteiger partial charge on any atom is 0.154 e. The number of halogens is 2. The van der Waals surface area contributed by atoms with Gasteiger partial charge in [0.1, 0.15) is 11.5 Å². The van der Waals surface area contributed by atoms with Gasteiger partial charge in [-0.05, 0) is 87.1 Å². The average Bonchev–Trinajstić information content (AvgIpc) is 2.44. The van der Waals surface area contributed by atoms with Gasteiger partial charge in [-0.2, -0.15) is 5.26 Å². The molecule has 0 saturated carbocycles. The van der Waals surface area contributed by atoms with E-state index in [9.17, 15) is 0 Å². The van der Waals surface area contributed by atoms with Gasteiger partial charge in [-0.25, -0.2) is 0 Å². The molecule has 0 aliphatic heterocycles. The summed E-state index contributed by atoms with van der Waals surface area (Å²) in [6, 6.07) is 13.6. The average molecular weight is 491 g/mol. The summed E-state index contributed by atoms with van der Waals surface area (Å²) < 4.78 is 13.0. The molecular formula is C15H11I2NO2. The van der Waals surface area contributed by atoms with Crippen molar-refractivity contribution < 1.29 is 9.47 Å². The van der Waals surface area contributed by atoms with Gasteiger partial charge >= 0.3 is 0 Å². The minimum absolute atomic E-state index is 0.412. The van der Waals surface area contributed by atoms with Gasteiger partial charge in [0.2, 0.25) is 0 Å². The number of benzene rings is 2. The van der Waals surface area contributed by atoms with Crippen LogP contribution in [0.25, 0.3) is 0 Å². The molecule has 5 heteroatoms. The van der Waals surface area contributed by atoms with Crippen molar-refractivity contribution >= 4 is 45.2 Å². The molecule has 0 amide bonds. The highest BCUT2D eigenvalue weighted by atomic mass is 127. The predicted octanol–water partition coefficient (Wildman–Crippen LogP) is 4.76. The Labute approximate surface area is 145 Å². The summed E-state index contributed by atoms with van der Waals surface area (Å²) in [6.07, 6.45) is 0.412. The van der Waals surface area contributed by atoms with Gasteiger partial charge in [-0.15, -0.1) is 0 Å². The van der Waals surface area contributed by atoms with Crippen LogP contribution in [-0.2, 0) is 6.42 Å². The molecule has 0 radical (unpaired) electrons. The van der Waals surface area contributed by atoms with Crippen LogP contribution in [0.1, 0.15) is 5.56 Å². The molecule has 2 aromatic rings. The van der Waals surface area contributed by atoms with Crippen molar-refractivity contribution in [2.45, 2.75) is 6.42 Å². The quantitative estimate of drug-likeness (QED) is 0.580. The molecular weight excluding hydrogens is 480 g/mol. The smallest absolute Gasteiger partial charge is 0.154 e. The van der Waals surface area contributed by atoms with Gasteiger partial charge in [0.05, 0.1) is 26.7 Å². The summed E-state index contributed by atoms with van der Waals surface area (Å²) in [5.41, 5.74) is 1.00. The maximum atomic E-state index is 8.76. The second-order valence-corrected chi connectivity index (χ2v) is 6.33. The van der Waals surface area contributed by atoms with Crippen molar-refractivity contribution in [1.29, 1.82) is 5.26 Å². The first-order valence-corrected chi connectivity index (χ1v) is 7.96. The molecule has 0 N–H and O–H groups in total. The molecule has 0 unspecified atom stereocenters. The summed E-state index contributed by atoms with van der Waals surface area (Å²) in [4.78, 5) is 0. The molecule has 0 atom stereocenters. The van der Waals surface area contributed by atoms with Crippen LogP contribution in [0.5, 0.6) is 17.2 Å². The Morgan fingerprint density at radius 2 is 1.60 bits per heavy atom. The lowest BCUT2D eigenvalue weighted by molar-refractivity contribution is 0.412. The van der Waals surface area contributed by atoms with Gasteiger partial charge < -0.3 is 9.47 Å². The zero-order chi connectivity index (χ0) is 14.5. The van der Waals surface area contributed by atoms with Crippen LogP contribution in [-0.4, -0.2) is 7.11 Å². The highest BCUT2D eigenvalue weighted by Gasteiger charge is 2.10. The van der Waals surface area contributed by atoms with E-state index in [0.717, 1.165) is 30.0 Å². The third-order valence-corrected chi connectivity index (χ3v) is 4.22. The van der Waals surface area contributed by atoms with Gasteiger partial charge in [0, 0.05) is 0 Å². The molecule has 102 valence electrons. The van der Waals surface area contributed by atoms with E-state index in [-0.39, 0.29) is 0 Å². The highest BCUT2D eigenvalue weighted by Crippen LogP contribution is 2.33. The van der Waals surface area contributed by atoms with E-state index in [1.165, 1.54) is 0 Å². The minimum Gasteiger partial charge on any atom is -0.497 e. The predicted molar refractivity (Wildman–Crippen MR) is 94.3 cm³/mol. The van der Waals surface area contributed by atoms with Crippen LogP contribution in [0.4, 0.5) is 0 Å². The molecule has 0 aliphatic rings. The second-order valence-electron chi connectivity index (χ2n) is 4.00. The zero-order valence-corrected chi connectivity index (χ0v) is 15.0. The first kappa shape index (κ1) is 15.4. The van der Waals surface area contributed by atoms with Crippen LogP contribution in [0.2, 0.25) is 0 Å². The van der Waals surface area contributed by atoms with Gasteiger partial charge in [0.15, 0.2) is 5.75 Å². The van der Waals surface area contributed by atoms with E-state index < -0.39 is 0 Å². The van der Waals surface area contributed by atoms with Crippen molar-refractivity contribution in [2.75, 3.05) is 7.11 Å². The van der Waals surface area contributed by atoms with Crippen molar-refractivity contribution in [1.82, 2.24) is 0 Å². The zero-order valence-electron chi connectivity index (χ0n) is 10.7. The largest absolute Gasteiger partial charge is 0.497 e. The first-order chi connectivity index (χ1) is 9.63. The highest BCUT2D eigenvalue weighted by molar-refractivity contribution is 14.1. The Morgan fingerprint density at radius 1 is 1.05 bits per heavy atom. The molecule has 0 heterocycles. The SMILES string of the molecule is COc1ccc(Oc2c(I)cc(CC#N)cc2I)cc1. The number of ether oxygens (including phenoxy) is 2. The lowest BCUT2D eigenvalue weighted by Crippen LogP contribution is -1.94. The van der Waals surface area contributed by atoms with Crippen molar-refractivity contribution in [2.24, 2.45) is 0 Å². The number of nitrogens with zero attached hydrogens (tertiary/aromatic N) is 1. The van der Waals surface area contributed by atoms with Crippen LogP contribution in [0.3, 0.4) is 0 Å². The Kier molecular flexibility index (Phi) is 5.48. The number of hydrogen-bond donors (Lipinski definition) is 0. The summed E-state index contributed by atoms with van der Waals surface area (Å²) in [7, 11) is 1.63. The Balaban J connectivity index is 2.26. The molecule has 0 saturated heterocycles. The molecule has 2 rings (SSSR count). The molecule has 0 aliphatic carbocycles. The molecule has 2 aromatic carbocycles. The molecule has 20 heavy (non-hydrogen) atoms. The van der Waals surface area contributed by atoms with Crippen molar-refractivity contribution in [3.63, 3.8) is 0 Å². The number of methoxy groups -OCH3 is 1. The van der Waals surface area contributed by atoms with E-state index in [1.54, 1.807) is 7.11 Å². The van der Waals surface area contributed by atoms with E-state index >= 15 is 0 Å². The summed E-state index contributed by atoms with van der Waals surface area (Å²) in [6.45, 7) is 0. The normalized spacial score (nSPS) is 9.90. The number of rotatable bonds is 4. The fraction of sp³-hybridized carbons (Fsp3) is 0.133. The number of nitriles is 1. The van der Waals surface area contributed by atoms with Crippen LogP contribution < -0.4 is 9.47 Å².